The summed E-state index contributed by atoms with van der Waals surface area (Å²) >= 11 is 1.36. The van der Waals surface area contributed by atoms with Gasteiger partial charge in [0.25, 0.3) is 5.91 Å². The molecule has 0 aliphatic carbocycles. The van der Waals surface area contributed by atoms with Gasteiger partial charge in [-0.3, -0.25) is 38.1 Å². The van der Waals surface area contributed by atoms with Gasteiger partial charge in [0.05, 0.1) is 55.1 Å². The Balaban J connectivity index is 1.07. The van der Waals surface area contributed by atoms with Crippen molar-refractivity contribution < 1.29 is 91.2 Å². The highest BCUT2D eigenvalue weighted by Gasteiger charge is 2.50. The Morgan fingerprint density at radius 1 is 0.820 bits per heavy atom. The molecule has 15 N–H and O–H groups in total. The van der Waals surface area contributed by atoms with Gasteiger partial charge in [0.1, 0.15) is 47.0 Å². The smallest absolute Gasteiger partial charge is 0.446 e. The molecule has 5 aromatic rings. The standard InChI is InChI=1S/C57H73N11O19S2/c1-4-5-6-19-86-36-14-12-33(13-15-36)54-65-68-27-38(61-57(68)88-54)31-8-10-32(11-9-31)49(76)60-37-22-34(70)24-59-53(80)47-48(75)28(2)25-67(47)56(82)46(41(73)17-18-58)64-52(79)45(42(74)20-30-7-16-40(72)43(21-30)87-89(83,84)85)63-51(78)39-23-35(71)26-66(39)55(81)44(29(3)69)62-50(37)77/h7-16,21,27-29,34-35,37,39,41-42,44-48,69-75H,4-6,17-20,22-26,58H2,1-3H3,(H,59,80)(H,60,76)(H,62,77)(H,63,78)(H,64,79)(H,83,84,85)/t28-,29+,34+,35+,37?,39?,41-,42+,44-,45?,46?,47?,48-/m0/s1. The monoisotopic (exact) mass is 1280 g/mol. The lowest BCUT2D eigenvalue weighted by Crippen LogP contribution is -2.64. The number of unbranched alkanes of at least 4 members (excludes halogenated alkanes) is 2. The Morgan fingerprint density at radius 2 is 1.49 bits per heavy atom. The predicted molar refractivity (Wildman–Crippen MR) is 316 cm³/mol. The fraction of sp³-hybridized carbons (Fsp3) is 0.491. The molecule has 8 rings (SSSR count). The molecular weight excluding hydrogens is 1210 g/mol. The highest BCUT2D eigenvalue weighted by Crippen LogP contribution is 2.32. The first kappa shape index (κ1) is 67.0. The molecule has 3 aliphatic rings. The van der Waals surface area contributed by atoms with E-state index in [4.69, 9.17) is 20.6 Å². The molecule has 3 aliphatic heterocycles. The lowest BCUT2D eigenvalue weighted by Gasteiger charge is -2.34. The maximum Gasteiger partial charge on any atom is 0.446 e. The molecule has 482 valence electrons. The van der Waals surface area contributed by atoms with Crippen molar-refractivity contribution in [3.8, 4) is 39.1 Å². The van der Waals surface area contributed by atoms with Crippen molar-refractivity contribution in [3.05, 3.63) is 84.1 Å². The number of aliphatic hydroxyl groups is 6. The van der Waals surface area contributed by atoms with Crippen LogP contribution in [0.4, 0.5) is 0 Å². The molecule has 5 unspecified atom stereocenters. The molecule has 0 bridgehead atoms. The van der Waals surface area contributed by atoms with Gasteiger partial charge in [0.15, 0.2) is 11.5 Å². The van der Waals surface area contributed by atoms with Crippen LogP contribution in [0, 0.1) is 5.92 Å². The van der Waals surface area contributed by atoms with Crippen LogP contribution in [-0.2, 0) is 45.6 Å². The second-order valence-electron chi connectivity index (χ2n) is 22.3. The third-order valence-electron chi connectivity index (χ3n) is 15.5. The summed E-state index contributed by atoms with van der Waals surface area (Å²) < 4.78 is 44.3. The third kappa shape index (κ3) is 16.5. The van der Waals surface area contributed by atoms with E-state index >= 15 is 0 Å². The quantitative estimate of drug-likeness (QED) is 0.0329. The zero-order chi connectivity index (χ0) is 64.6. The number of fused-ring (bicyclic) bond motifs is 3. The number of ether oxygens (including phenoxy) is 1. The van der Waals surface area contributed by atoms with E-state index in [-0.39, 0.29) is 30.6 Å². The highest BCUT2D eigenvalue weighted by atomic mass is 32.3. The number of benzene rings is 3. The second kappa shape index (κ2) is 29.1. The number of phenols is 1. The van der Waals surface area contributed by atoms with Crippen LogP contribution in [0.15, 0.2) is 72.9 Å². The van der Waals surface area contributed by atoms with Crippen LogP contribution < -0.4 is 41.2 Å². The van der Waals surface area contributed by atoms with Crippen LogP contribution in [0.5, 0.6) is 17.2 Å². The maximum absolute atomic E-state index is 14.7. The molecule has 5 heterocycles. The number of imidazole rings is 1. The number of nitrogens with one attached hydrogen (secondary N) is 5. The number of hydrogen-bond acceptors (Lipinski definition) is 22. The number of phenolic OH excluding ortho intramolecular Hbond substituents is 1. The molecule has 13 atom stereocenters. The molecule has 0 spiro atoms. The van der Waals surface area contributed by atoms with Crippen molar-refractivity contribution in [2.75, 3.05) is 32.8 Å². The minimum atomic E-state index is -5.21. The Hall–Kier alpha value is -7.92. The Bertz CT molecular complexity index is 3450. The summed E-state index contributed by atoms with van der Waals surface area (Å²) in [6, 6.07) is 5.15. The number of aromatic hydroxyl groups is 1. The molecular formula is C57H73N11O19S2. The summed E-state index contributed by atoms with van der Waals surface area (Å²) in [7, 11) is -5.21. The number of aromatic nitrogens is 3. The predicted octanol–water partition coefficient (Wildman–Crippen LogP) is -2.12. The van der Waals surface area contributed by atoms with Crippen LogP contribution in [0.1, 0.15) is 75.2 Å². The number of amides is 7. The average Bonchev–Trinajstić information content (AvgIpc) is 2.74. The Morgan fingerprint density at radius 3 is 2.16 bits per heavy atom. The second-order valence-corrected chi connectivity index (χ2v) is 24.3. The zero-order valence-electron chi connectivity index (χ0n) is 48.6. The summed E-state index contributed by atoms with van der Waals surface area (Å²) in [5.41, 5.74) is 7.65. The van der Waals surface area contributed by atoms with E-state index in [0.717, 1.165) is 70.5 Å². The van der Waals surface area contributed by atoms with Crippen molar-refractivity contribution in [1.82, 2.24) is 51.0 Å². The van der Waals surface area contributed by atoms with E-state index in [1.54, 1.807) is 22.8 Å². The van der Waals surface area contributed by atoms with Crippen LogP contribution in [0.25, 0.3) is 26.8 Å². The van der Waals surface area contributed by atoms with Crippen LogP contribution in [0.2, 0.25) is 0 Å². The summed E-state index contributed by atoms with van der Waals surface area (Å²) in [4.78, 5) is 108. The average molecular weight is 1280 g/mol. The molecule has 0 radical (unpaired) electrons. The van der Waals surface area contributed by atoms with Gasteiger partial charge >= 0.3 is 10.4 Å². The number of rotatable bonds is 18. The summed E-state index contributed by atoms with van der Waals surface area (Å²) in [6.45, 7) is 3.44. The van der Waals surface area contributed by atoms with Gasteiger partial charge in [-0.25, -0.2) is 9.50 Å². The lowest BCUT2D eigenvalue weighted by molar-refractivity contribution is -0.147. The van der Waals surface area contributed by atoms with Gasteiger partial charge in [0, 0.05) is 61.5 Å². The van der Waals surface area contributed by atoms with Gasteiger partial charge in [-0.15, -0.1) is 0 Å². The Kier molecular flexibility index (Phi) is 21.9. The topological polar surface area (TPSA) is 457 Å². The SMILES string of the molecule is CCCCCOc1ccc(-c2nn3cc(-c4ccc(C(=O)NC5C[C@@H](O)CNC(=O)C6[C@@H](O)[C@@H](C)CN6C(=O)C([C@@H](O)CCN)NC(=O)C([C@H](O)Cc6ccc(O)c(OS(=O)(=O)O)c6)NC(=O)C6C[C@@H](O)CN6C(=O)[C@H]([C@@H](C)O)NC5=O)cc4)nc3s2)cc1. The van der Waals surface area contributed by atoms with E-state index in [2.05, 4.69) is 37.7 Å². The number of β-amino-alcohol motifs (C(OH)–C–C–N with tert-alkyl or cyclic N) is 1. The molecule has 0 saturated carbocycles. The van der Waals surface area contributed by atoms with Gasteiger partial charge < -0.3 is 86.8 Å². The number of carbonyl (C=O) groups excluding carboxylic acids is 7. The molecule has 3 aromatic carbocycles. The first-order valence-electron chi connectivity index (χ1n) is 28.8. The van der Waals surface area contributed by atoms with Gasteiger partial charge in [-0.1, -0.05) is 56.2 Å². The summed E-state index contributed by atoms with van der Waals surface area (Å²) in [5.74, 6) is -9.74. The Labute approximate surface area is 514 Å². The normalized spacial score (nSPS) is 25.4. The van der Waals surface area contributed by atoms with Gasteiger partial charge in [-0.2, -0.15) is 13.5 Å². The maximum atomic E-state index is 14.7. The number of nitrogens with two attached hydrogens (primary N) is 1. The molecule has 2 aromatic heterocycles. The fourth-order valence-corrected chi connectivity index (χ4v) is 12.0. The zero-order valence-corrected chi connectivity index (χ0v) is 50.3. The van der Waals surface area contributed by atoms with Crippen LogP contribution >= 0.6 is 11.3 Å². The summed E-state index contributed by atoms with van der Waals surface area (Å²) in [5, 5.41) is 95.9. The number of nitrogens with zero attached hydrogens (tertiary/aromatic N) is 5. The van der Waals surface area contributed by atoms with Crippen molar-refractivity contribution in [3.63, 3.8) is 0 Å². The van der Waals surface area contributed by atoms with Crippen LogP contribution in [-0.4, -0.2) is 220 Å². The molecule has 3 saturated heterocycles. The highest BCUT2D eigenvalue weighted by molar-refractivity contribution is 7.81. The number of carbonyl (C=O) groups is 7. The van der Waals surface area contributed by atoms with Crippen molar-refractivity contribution >= 4 is 68.0 Å². The first-order chi connectivity index (χ1) is 42.2. The molecule has 32 heteroatoms. The molecule has 7 amide bonds. The van der Waals surface area contributed by atoms with Crippen molar-refractivity contribution in [2.45, 2.75) is 139 Å². The van der Waals surface area contributed by atoms with Crippen LogP contribution in [0.3, 0.4) is 0 Å². The molecule has 89 heavy (non-hydrogen) atoms. The fourth-order valence-electron chi connectivity index (χ4n) is 10.7. The van der Waals surface area contributed by atoms with E-state index in [0.29, 0.717) is 22.8 Å². The first-order valence-corrected chi connectivity index (χ1v) is 31.0. The van der Waals surface area contributed by atoms with E-state index < -0.39 is 174 Å². The molecule has 3 fully saturated rings. The minimum Gasteiger partial charge on any atom is -0.504 e. The number of aliphatic hydroxyl groups excluding tert-OH is 6. The largest absolute Gasteiger partial charge is 0.504 e. The third-order valence-corrected chi connectivity index (χ3v) is 16.8. The van der Waals surface area contributed by atoms with E-state index in [9.17, 15) is 82.3 Å². The summed E-state index contributed by atoms with van der Waals surface area (Å²) in [6.07, 6.45) is -7.93. The lowest BCUT2D eigenvalue weighted by atomic mass is 9.98. The van der Waals surface area contributed by atoms with E-state index in [1.807, 2.05) is 24.3 Å². The molecule has 30 nitrogen and oxygen atoms in total. The van der Waals surface area contributed by atoms with Gasteiger partial charge in [-0.05, 0) is 80.4 Å². The minimum absolute atomic E-state index is 0.00773. The van der Waals surface area contributed by atoms with Gasteiger partial charge in [0.2, 0.25) is 40.4 Å². The van der Waals surface area contributed by atoms with Crippen molar-refractivity contribution in [2.24, 2.45) is 11.7 Å². The number of hydrogen-bond donors (Lipinski definition) is 14. The van der Waals surface area contributed by atoms with Crippen molar-refractivity contribution in [1.29, 1.82) is 0 Å². The van der Waals surface area contributed by atoms with E-state index in [1.165, 1.54) is 30.4 Å².